The first-order valence-electron chi connectivity index (χ1n) is 7.28. The highest BCUT2D eigenvalue weighted by atomic mass is 16.6. The van der Waals surface area contributed by atoms with Gasteiger partial charge < -0.3 is 10.1 Å². The van der Waals surface area contributed by atoms with Crippen LogP contribution >= 0.6 is 0 Å². The lowest BCUT2D eigenvalue weighted by Gasteiger charge is -2.10. The molecule has 0 saturated heterocycles. The lowest BCUT2D eigenvalue weighted by atomic mass is 10.1. The molecule has 1 N–H and O–H groups in total. The first kappa shape index (κ1) is 13.8. The van der Waals surface area contributed by atoms with Crippen molar-refractivity contribution in [3.8, 4) is 5.75 Å². The Labute approximate surface area is 123 Å². The van der Waals surface area contributed by atoms with Crippen molar-refractivity contribution in [1.82, 2.24) is 5.32 Å². The molecule has 0 amide bonds. The summed E-state index contributed by atoms with van der Waals surface area (Å²) in [6.45, 7) is 1.57. The molecule has 0 heterocycles. The number of nitrogens with one attached hydrogen (secondary N) is 1. The Kier molecular flexibility index (Phi) is 4.01. The van der Waals surface area contributed by atoms with E-state index in [2.05, 4.69) is 5.32 Å². The van der Waals surface area contributed by atoms with Gasteiger partial charge in [-0.1, -0.05) is 18.2 Å². The second kappa shape index (κ2) is 6.10. The minimum Gasteiger partial charge on any atom is -0.493 e. The Morgan fingerprint density at radius 1 is 1.19 bits per heavy atom. The Morgan fingerprint density at radius 2 is 1.95 bits per heavy atom. The number of non-ortho nitro benzene ring substituents is 1. The van der Waals surface area contributed by atoms with E-state index in [0.29, 0.717) is 23.8 Å². The molecule has 110 valence electrons. The molecule has 21 heavy (non-hydrogen) atoms. The molecule has 1 aliphatic rings. The first-order valence-corrected chi connectivity index (χ1v) is 7.28. The van der Waals surface area contributed by atoms with Crippen LogP contribution in [-0.2, 0) is 0 Å². The first-order chi connectivity index (χ1) is 10.3. The van der Waals surface area contributed by atoms with Gasteiger partial charge in [0, 0.05) is 17.5 Å². The van der Waals surface area contributed by atoms with Gasteiger partial charge in [0.05, 0.1) is 16.9 Å². The van der Waals surface area contributed by atoms with E-state index in [0.717, 1.165) is 18.4 Å². The second-order valence-corrected chi connectivity index (χ2v) is 5.32. The van der Waals surface area contributed by atoms with E-state index in [4.69, 9.17) is 4.74 Å². The highest BCUT2D eigenvalue weighted by molar-refractivity contribution is 5.95. The topological polar surface area (TPSA) is 64.4 Å². The molecule has 3 rings (SSSR count). The molecule has 0 atom stereocenters. The van der Waals surface area contributed by atoms with E-state index in [9.17, 15) is 10.1 Å². The third-order valence-electron chi connectivity index (χ3n) is 3.65. The Bertz CT molecular complexity index is 653. The van der Waals surface area contributed by atoms with Crippen LogP contribution in [0.5, 0.6) is 5.75 Å². The summed E-state index contributed by atoms with van der Waals surface area (Å²) in [5.41, 5.74) is 0.119. The van der Waals surface area contributed by atoms with Gasteiger partial charge in [0.2, 0.25) is 0 Å². The fourth-order valence-corrected chi connectivity index (χ4v) is 2.39. The molecule has 5 heteroatoms. The number of hydrogen-bond acceptors (Lipinski definition) is 4. The molecule has 0 bridgehead atoms. The molecular formula is C16H18N2O3. The van der Waals surface area contributed by atoms with Crippen molar-refractivity contribution < 1.29 is 9.66 Å². The highest BCUT2D eigenvalue weighted by Crippen LogP contribution is 2.32. The second-order valence-electron chi connectivity index (χ2n) is 5.32. The number of hydrogen-bond donors (Lipinski definition) is 1. The Morgan fingerprint density at radius 3 is 2.67 bits per heavy atom. The third kappa shape index (κ3) is 3.31. The average molecular weight is 286 g/mol. The van der Waals surface area contributed by atoms with Gasteiger partial charge in [-0.3, -0.25) is 10.1 Å². The van der Waals surface area contributed by atoms with E-state index in [1.165, 1.54) is 18.9 Å². The summed E-state index contributed by atoms with van der Waals surface area (Å²) in [4.78, 5) is 10.7. The molecule has 1 fully saturated rings. The maximum atomic E-state index is 11.1. The van der Waals surface area contributed by atoms with Gasteiger partial charge in [-0.25, -0.2) is 0 Å². The van der Waals surface area contributed by atoms with Crippen molar-refractivity contribution in [2.75, 3.05) is 13.2 Å². The zero-order valence-corrected chi connectivity index (χ0v) is 11.7. The molecule has 2 aromatic carbocycles. The van der Waals surface area contributed by atoms with Crippen LogP contribution in [0.3, 0.4) is 0 Å². The molecule has 5 nitrogen and oxygen atoms in total. The van der Waals surface area contributed by atoms with Crippen molar-refractivity contribution in [3.63, 3.8) is 0 Å². The molecule has 2 aromatic rings. The molecule has 1 saturated carbocycles. The zero-order chi connectivity index (χ0) is 14.7. The number of nitro groups is 1. The van der Waals surface area contributed by atoms with Crippen molar-refractivity contribution in [3.05, 3.63) is 46.5 Å². The van der Waals surface area contributed by atoms with Crippen LogP contribution in [0.1, 0.15) is 19.3 Å². The Hall–Kier alpha value is -2.14. The number of rotatable bonds is 7. The molecule has 1 aliphatic carbocycles. The van der Waals surface area contributed by atoms with Crippen LogP contribution in [0.4, 0.5) is 5.69 Å². The summed E-state index contributed by atoms with van der Waals surface area (Å²) >= 11 is 0. The van der Waals surface area contributed by atoms with Crippen LogP contribution in [-0.4, -0.2) is 24.1 Å². The largest absolute Gasteiger partial charge is 0.493 e. The maximum absolute atomic E-state index is 11.1. The lowest BCUT2D eigenvalue weighted by molar-refractivity contribution is -0.383. The average Bonchev–Trinajstić information content (AvgIpc) is 3.30. The summed E-state index contributed by atoms with van der Waals surface area (Å²) in [7, 11) is 0. The van der Waals surface area contributed by atoms with Crippen molar-refractivity contribution in [1.29, 1.82) is 0 Å². The number of benzene rings is 2. The van der Waals surface area contributed by atoms with E-state index < -0.39 is 0 Å². The molecule has 0 radical (unpaired) electrons. The van der Waals surface area contributed by atoms with Gasteiger partial charge in [0.1, 0.15) is 5.75 Å². The van der Waals surface area contributed by atoms with E-state index in [1.54, 1.807) is 18.2 Å². The lowest BCUT2D eigenvalue weighted by Crippen LogP contribution is -2.19. The van der Waals surface area contributed by atoms with E-state index >= 15 is 0 Å². The van der Waals surface area contributed by atoms with Crippen LogP contribution in [0.15, 0.2) is 36.4 Å². The Balaban J connectivity index is 1.69. The quantitative estimate of drug-likeness (QED) is 0.482. The zero-order valence-electron chi connectivity index (χ0n) is 11.7. The van der Waals surface area contributed by atoms with Crippen molar-refractivity contribution in [2.45, 2.75) is 25.3 Å². The molecule has 0 aliphatic heterocycles. The fraction of sp³-hybridized carbons (Fsp3) is 0.375. The fourth-order valence-electron chi connectivity index (χ4n) is 2.39. The van der Waals surface area contributed by atoms with Crippen LogP contribution in [0, 0.1) is 10.1 Å². The summed E-state index contributed by atoms with van der Waals surface area (Å²) in [5.74, 6) is 0.711. The smallest absolute Gasteiger partial charge is 0.277 e. The van der Waals surface area contributed by atoms with Crippen molar-refractivity contribution in [2.24, 2.45) is 0 Å². The molecule has 0 spiro atoms. The molecular weight excluding hydrogens is 268 g/mol. The third-order valence-corrected chi connectivity index (χ3v) is 3.65. The molecule has 0 aromatic heterocycles. The molecule has 0 unspecified atom stereocenters. The summed E-state index contributed by atoms with van der Waals surface area (Å²) < 4.78 is 5.79. The van der Waals surface area contributed by atoms with Gasteiger partial charge >= 0.3 is 0 Å². The van der Waals surface area contributed by atoms with Crippen LogP contribution < -0.4 is 10.1 Å². The van der Waals surface area contributed by atoms with E-state index in [-0.39, 0.29) is 10.6 Å². The summed E-state index contributed by atoms with van der Waals surface area (Å²) in [6.07, 6.45) is 3.50. The van der Waals surface area contributed by atoms with Gasteiger partial charge in [-0.15, -0.1) is 0 Å². The normalized spacial score (nSPS) is 14.3. The summed E-state index contributed by atoms with van der Waals surface area (Å²) in [5, 5.41) is 15.9. The minimum atomic E-state index is -0.355. The number of nitro benzene ring substituents is 1. The maximum Gasteiger partial charge on any atom is 0.277 e. The number of ether oxygens (including phenoxy) is 1. The summed E-state index contributed by atoms with van der Waals surface area (Å²) in [6, 6.07) is 11.2. The van der Waals surface area contributed by atoms with Gasteiger partial charge in [-0.05, 0) is 37.9 Å². The predicted octanol–water partition coefficient (Wildman–Crippen LogP) is 3.27. The standard InChI is InChI=1S/C16H18N2O3/c19-18(20)15-8-9-16(14-5-2-1-4-13(14)15)21-11-3-10-17-12-6-7-12/h1-2,4-5,8-9,12,17H,3,6-7,10-11H2. The van der Waals surface area contributed by atoms with Gasteiger partial charge in [-0.2, -0.15) is 0 Å². The van der Waals surface area contributed by atoms with Crippen molar-refractivity contribution >= 4 is 16.5 Å². The van der Waals surface area contributed by atoms with Crippen LogP contribution in [0.25, 0.3) is 10.8 Å². The monoisotopic (exact) mass is 286 g/mol. The minimum absolute atomic E-state index is 0.119. The van der Waals surface area contributed by atoms with Gasteiger partial charge in [0.15, 0.2) is 0 Å². The SMILES string of the molecule is O=[N+]([O-])c1ccc(OCCCNC2CC2)c2ccccc12. The van der Waals surface area contributed by atoms with E-state index in [1.807, 2.05) is 12.1 Å². The number of nitrogens with zero attached hydrogens (tertiary/aromatic N) is 1. The van der Waals surface area contributed by atoms with Crippen LogP contribution in [0.2, 0.25) is 0 Å². The predicted molar refractivity (Wildman–Crippen MR) is 81.7 cm³/mol. The highest BCUT2D eigenvalue weighted by Gasteiger charge is 2.19. The van der Waals surface area contributed by atoms with Gasteiger partial charge in [0.25, 0.3) is 5.69 Å². The number of fused-ring (bicyclic) bond motifs is 1.